The predicted octanol–water partition coefficient (Wildman–Crippen LogP) is 2.41. The largest absolute Gasteiger partial charge is 0.469 e. The van der Waals surface area contributed by atoms with Gasteiger partial charge in [0.25, 0.3) is 0 Å². The third kappa shape index (κ3) is 1.92. The first-order valence-corrected chi connectivity index (χ1v) is 5.21. The van der Waals surface area contributed by atoms with Gasteiger partial charge in [-0.15, -0.1) is 0 Å². The Morgan fingerprint density at radius 2 is 2.40 bits per heavy atom. The minimum Gasteiger partial charge on any atom is -0.469 e. The summed E-state index contributed by atoms with van der Waals surface area (Å²) in [7, 11) is 1.42. The lowest BCUT2D eigenvalue weighted by Crippen LogP contribution is -2.23. The number of esters is 1. The molecule has 0 bridgehead atoms. The van der Waals surface area contributed by atoms with Crippen LogP contribution in [0, 0.1) is 0 Å². The fourth-order valence-electron chi connectivity index (χ4n) is 1.88. The topological polar surface area (TPSA) is 38.3 Å². The maximum absolute atomic E-state index is 11.5. The van der Waals surface area contributed by atoms with Gasteiger partial charge in [0, 0.05) is 17.3 Å². The first-order chi connectivity index (χ1) is 7.22. The van der Waals surface area contributed by atoms with Crippen LogP contribution in [0.4, 0.5) is 5.69 Å². The van der Waals surface area contributed by atoms with Crippen LogP contribution >= 0.6 is 11.6 Å². The lowest BCUT2D eigenvalue weighted by atomic mass is 9.91. The zero-order chi connectivity index (χ0) is 10.8. The van der Waals surface area contributed by atoms with Crippen LogP contribution in [0.5, 0.6) is 0 Å². The minimum atomic E-state index is -0.180. The van der Waals surface area contributed by atoms with Gasteiger partial charge in [-0.1, -0.05) is 17.7 Å². The average Bonchev–Trinajstić information content (AvgIpc) is 2.26. The zero-order valence-electron chi connectivity index (χ0n) is 8.42. The normalized spacial score (nSPS) is 18.9. The molecule has 80 valence electrons. The number of ether oxygens (including phenoxy) is 1. The molecule has 1 atom stereocenters. The Hall–Kier alpha value is -1.22. The number of anilines is 1. The number of halogens is 1. The van der Waals surface area contributed by atoms with E-state index in [9.17, 15) is 4.79 Å². The monoisotopic (exact) mass is 225 g/mol. The summed E-state index contributed by atoms with van der Waals surface area (Å²) in [5.41, 5.74) is 1.90. The molecule has 1 aromatic rings. The molecule has 1 aliphatic heterocycles. The van der Waals surface area contributed by atoms with E-state index in [-0.39, 0.29) is 11.9 Å². The summed E-state index contributed by atoms with van der Waals surface area (Å²) in [5.74, 6) is -0.344. The predicted molar refractivity (Wildman–Crippen MR) is 59.3 cm³/mol. The third-order valence-electron chi connectivity index (χ3n) is 2.62. The number of carbonyl (C=O) groups is 1. The third-order valence-corrected chi connectivity index (χ3v) is 2.86. The average molecular weight is 226 g/mol. The Bertz CT molecular complexity index is 392. The Morgan fingerprint density at radius 1 is 1.60 bits per heavy atom. The van der Waals surface area contributed by atoms with Crippen LogP contribution in [0.3, 0.4) is 0 Å². The lowest BCUT2D eigenvalue weighted by molar-refractivity contribution is -0.142. The van der Waals surface area contributed by atoms with Crippen LogP contribution < -0.4 is 5.32 Å². The Morgan fingerprint density at radius 3 is 3.13 bits per heavy atom. The van der Waals surface area contributed by atoms with Crippen molar-refractivity contribution in [3.05, 3.63) is 28.8 Å². The van der Waals surface area contributed by atoms with Gasteiger partial charge in [0.05, 0.1) is 13.0 Å². The molecule has 0 spiro atoms. The number of fused-ring (bicyclic) bond motifs is 1. The number of benzene rings is 1. The van der Waals surface area contributed by atoms with Gasteiger partial charge in [0.15, 0.2) is 0 Å². The molecule has 0 amide bonds. The molecule has 0 fully saturated rings. The number of rotatable bonds is 1. The Balaban J connectivity index is 2.38. The van der Waals surface area contributed by atoms with E-state index in [1.54, 1.807) is 6.07 Å². The smallest absolute Gasteiger partial charge is 0.313 e. The molecule has 0 saturated heterocycles. The molecule has 1 aromatic carbocycles. The number of hydrogen-bond donors (Lipinski definition) is 1. The van der Waals surface area contributed by atoms with Crippen molar-refractivity contribution in [3.63, 3.8) is 0 Å². The van der Waals surface area contributed by atoms with Crippen molar-refractivity contribution < 1.29 is 9.53 Å². The summed E-state index contributed by atoms with van der Waals surface area (Å²) >= 11 is 5.88. The summed E-state index contributed by atoms with van der Waals surface area (Å²) in [4.78, 5) is 11.5. The molecular formula is C11H12ClNO2. The second-order valence-electron chi connectivity index (χ2n) is 3.52. The van der Waals surface area contributed by atoms with Gasteiger partial charge in [0.1, 0.15) is 0 Å². The fourth-order valence-corrected chi connectivity index (χ4v) is 2.05. The van der Waals surface area contributed by atoms with Crippen molar-refractivity contribution in [1.29, 1.82) is 0 Å². The molecule has 0 radical (unpaired) electrons. The molecule has 15 heavy (non-hydrogen) atoms. The standard InChI is InChI=1S/C11H12ClNO2/c1-15-11(14)9-4-5-13-10-6-7(12)2-3-8(9)10/h2-3,6,9,13H,4-5H2,1H3/t9-/m0/s1. The van der Waals surface area contributed by atoms with E-state index in [1.807, 2.05) is 12.1 Å². The van der Waals surface area contributed by atoms with Crippen molar-refractivity contribution in [2.45, 2.75) is 12.3 Å². The maximum atomic E-state index is 11.5. The van der Waals surface area contributed by atoms with Crippen molar-refractivity contribution in [3.8, 4) is 0 Å². The van der Waals surface area contributed by atoms with Crippen LogP contribution in [-0.4, -0.2) is 19.6 Å². The van der Waals surface area contributed by atoms with Gasteiger partial charge in [-0.2, -0.15) is 0 Å². The molecule has 0 aliphatic carbocycles. The van der Waals surface area contributed by atoms with Crippen molar-refractivity contribution >= 4 is 23.3 Å². The molecule has 4 heteroatoms. The fraction of sp³-hybridized carbons (Fsp3) is 0.364. The van der Waals surface area contributed by atoms with Gasteiger partial charge >= 0.3 is 5.97 Å². The Kier molecular flexibility index (Phi) is 2.82. The summed E-state index contributed by atoms with van der Waals surface area (Å²) in [6, 6.07) is 5.51. The molecule has 1 aliphatic rings. The van der Waals surface area contributed by atoms with Crippen LogP contribution in [0.15, 0.2) is 18.2 Å². The van der Waals surface area contributed by atoms with E-state index in [1.165, 1.54) is 7.11 Å². The van der Waals surface area contributed by atoms with E-state index in [2.05, 4.69) is 5.32 Å². The van der Waals surface area contributed by atoms with Crippen LogP contribution in [-0.2, 0) is 9.53 Å². The summed E-state index contributed by atoms with van der Waals surface area (Å²) < 4.78 is 4.78. The maximum Gasteiger partial charge on any atom is 0.313 e. The van der Waals surface area contributed by atoms with Crippen molar-refractivity contribution in [2.24, 2.45) is 0 Å². The summed E-state index contributed by atoms with van der Waals surface area (Å²) in [6.07, 6.45) is 0.765. The number of hydrogen-bond acceptors (Lipinski definition) is 3. The second kappa shape index (κ2) is 4.11. The highest BCUT2D eigenvalue weighted by molar-refractivity contribution is 6.30. The van der Waals surface area contributed by atoms with Gasteiger partial charge in [0.2, 0.25) is 0 Å². The molecule has 1 N–H and O–H groups in total. The van der Waals surface area contributed by atoms with E-state index < -0.39 is 0 Å². The summed E-state index contributed by atoms with van der Waals surface area (Å²) in [5, 5.41) is 3.89. The highest BCUT2D eigenvalue weighted by Crippen LogP contribution is 2.33. The van der Waals surface area contributed by atoms with E-state index in [0.717, 1.165) is 24.2 Å². The van der Waals surface area contributed by atoms with Gasteiger partial charge in [-0.05, 0) is 24.1 Å². The van der Waals surface area contributed by atoms with Gasteiger partial charge in [-0.3, -0.25) is 4.79 Å². The highest BCUT2D eigenvalue weighted by atomic mass is 35.5. The van der Waals surface area contributed by atoms with E-state index >= 15 is 0 Å². The van der Waals surface area contributed by atoms with Crippen molar-refractivity contribution in [1.82, 2.24) is 0 Å². The molecule has 1 heterocycles. The lowest BCUT2D eigenvalue weighted by Gasteiger charge is -2.24. The second-order valence-corrected chi connectivity index (χ2v) is 3.96. The number of methoxy groups -OCH3 is 1. The van der Waals surface area contributed by atoms with E-state index in [0.29, 0.717) is 5.02 Å². The Labute approximate surface area is 93.4 Å². The van der Waals surface area contributed by atoms with Crippen molar-refractivity contribution in [2.75, 3.05) is 19.0 Å². The molecule has 0 aromatic heterocycles. The molecule has 0 unspecified atom stereocenters. The first-order valence-electron chi connectivity index (χ1n) is 4.83. The number of carbonyl (C=O) groups excluding carboxylic acids is 1. The molecular weight excluding hydrogens is 214 g/mol. The van der Waals surface area contributed by atoms with Crippen LogP contribution in [0.2, 0.25) is 5.02 Å². The minimum absolute atomic E-state index is 0.163. The molecule has 0 saturated carbocycles. The highest BCUT2D eigenvalue weighted by Gasteiger charge is 2.26. The quantitative estimate of drug-likeness (QED) is 0.746. The first kappa shape index (κ1) is 10.3. The SMILES string of the molecule is COC(=O)[C@H]1CCNc2cc(Cl)ccc21. The molecule has 3 nitrogen and oxygen atoms in total. The molecule has 2 rings (SSSR count). The van der Waals surface area contributed by atoms with Gasteiger partial charge in [-0.25, -0.2) is 0 Å². The van der Waals surface area contributed by atoms with Crippen LogP contribution in [0.1, 0.15) is 17.9 Å². The number of nitrogens with one attached hydrogen (secondary N) is 1. The summed E-state index contributed by atoms with van der Waals surface area (Å²) in [6.45, 7) is 0.771. The van der Waals surface area contributed by atoms with Crippen LogP contribution in [0.25, 0.3) is 0 Å². The van der Waals surface area contributed by atoms with Gasteiger partial charge < -0.3 is 10.1 Å². The van der Waals surface area contributed by atoms with E-state index in [4.69, 9.17) is 16.3 Å². The zero-order valence-corrected chi connectivity index (χ0v) is 9.17.